The fraction of sp³-hybridized carbons (Fsp3) is 0.300. The van der Waals surface area contributed by atoms with Crippen LogP contribution in [0.3, 0.4) is 0 Å². The zero-order valence-corrected chi connectivity index (χ0v) is 11.0. The summed E-state index contributed by atoms with van der Waals surface area (Å²) >= 11 is 2.96. The van der Waals surface area contributed by atoms with E-state index in [1.165, 1.54) is 11.3 Å². The third-order valence-electron chi connectivity index (χ3n) is 2.21. The molecule has 0 bridgehead atoms. The van der Waals surface area contributed by atoms with Crippen LogP contribution in [0, 0.1) is 0 Å². The van der Waals surface area contributed by atoms with Crippen molar-refractivity contribution in [2.75, 3.05) is 11.9 Å². The topological polar surface area (TPSA) is 101 Å². The Balaban J connectivity index is 1.85. The van der Waals surface area contributed by atoms with Gasteiger partial charge in [-0.05, 0) is 0 Å². The van der Waals surface area contributed by atoms with Gasteiger partial charge in [0.2, 0.25) is 0 Å². The molecule has 1 unspecified atom stereocenters. The number of aromatic nitrogens is 2. The lowest BCUT2D eigenvalue weighted by atomic mass is 10.2. The molecule has 96 valence electrons. The molecule has 0 spiro atoms. The number of nitrogens with one attached hydrogen (secondary N) is 1. The van der Waals surface area contributed by atoms with E-state index < -0.39 is 12.0 Å². The van der Waals surface area contributed by atoms with Gasteiger partial charge in [-0.3, -0.25) is 4.79 Å². The van der Waals surface area contributed by atoms with Crippen LogP contribution in [0.4, 0.5) is 5.13 Å². The Morgan fingerprint density at radius 1 is 1.56 bits per heavy atom. The number of nitrogens with zero attached hydrogens (tertiary/aromatic N) is 2. The summed E-state index contributed by atoms with van der Waals surface area (Å²) in [6, 6.07) is -1.06. The Morgan fingerprint density at radius 3 is 3.06 bits per heavy atom. The Morgan fingerprint density at radius 2 is 2.39 bits per heavy atom. The number of rotatable bonds is 6. The van der Waals surface area contributed by atoms with Gasteiger partial charge in [-0.25, -0.2) is 9.97 Å². The van der Waals surface area contributed by atoms with E-state index in [4.69, 9.17) is 10.8 Å². The highest BCUT2D eigenvalue weighted by molar-refractivity contribution is 7.13. The number of carboxylic acid groups (broad SMARTS) is 1. The Labute approximate surface area is 112 Å². The average molecular weight is 284 g/mol. The number of carboxylic acids is 1. The molecule has 0 amide bonds. The molecule has 0 aromatic carbocycles. The minimum absolute atomic E-state index is 0.379. The number of nitrogens with two attached hydrogens (primary N) is 1. The second-order valence-corrected chi connectivity index (χ2v) is 5.33. The van der Waals surface area contributed by atoms with Gasteiger partial charge in [0.15, 0.2) is 5.13 Å². The van der Waals surface area contributed by atoms with Crippen molar-refractivity contribution in [2.45, 2.75) is 12.5 Å². The van der Waals surface area contributed by atoms with E-state index >= 15 is 0 Å². The maximum atomic E-state index is 10.7. The quantitative estimate of drug-likeness (QED) is 0.740. The van der Waals surface area contributed by atoms with E-state index in [1.54, 1.807) is 22.9 Å². The number of hydrogen-bond acceptors (Lipinski definition) is 7. The predicted molar refractivity (Wildman–Crippen MR) is 71.0 cm³/mol. The Kier molecular flexibility index (Phi) is 4.24. The Bertz CT molecular complexity index is 512. The van der Waals surface area contributed by atoms with Crippen LogP contribution < -0.4 is 11.1 Å². The van der Waals surface area contributed by atoms with Gasteiger partial charge in [0.25, 0.3) is 0 Å². The van der Waals surface area contributed by atoms with Gasteiger partial charge in [0.05, 0.1) is 10.7 Å². The first-order chi connectivity index (χ1) is 8.66. The van der Waals surface area contributed by atoms with Crippen LogP contribution in [-0.4, -0.2) is 27.6 Å². The van der Waals surface area contributed by atoms with Crippen LogP contribution in [0.1, 0.15) is 16.7 Å². The van der Waals surface area contributed by atoms with Crippen LogP contribution >= 0.6 is 22.7 Å². The summed E-state index contributed by atoms with van der Waals surface area (Å²) in [4.78, 5) is 19.0. The summed E-state index contributed by atoms with van der Waals surface area (Å²) in [5.41, 5.74) is 5.84. The van der Waals surface area contributed by atoms with E-state index in [1.807, 2.05) is 5.38 Å². The minimum atomic E-state index is -1.07. The number of thiazole rings is 2. The summed E-state index contributed by atoms with van der Waals surface area (Å²) in [7, 11) is 0. The van der Waals surface area contributed by atoms with E-state index in [0.29, 0.717) is 17.4 Å². The molecule has 0 aliphatic heterocycles. The van der Waals surface area contributed by atoms with Crippen molar-refractivity contribution < 1.29 is 9.90 Å². The third-order valence-corrected chi connectivity index (χ3v) is 3.86. The number of aliphatic carboxylic acids is 1. The molecule has 0 aliphatic rings. The lowest BCUT2D eigenvalue weighted by Gasteiger charge is -2.02. The highest BCUT2D eigenvalue weighted by Crippen LogP contribution is 2.19. The van der Waals surface area contributed by atoms with Gasteiger partial charge in [-0.2, -0.15) is 0 Å². The van der Waals surface area contributed by atoms with E-state index in [0.717, 1.165) is 11.4 Å². The number of anilines is 1. The highest BCUT2D eigenvalue weighted by Gasteiger charge is 2.17. The molecular formula is C10H12N4O2S2. The molecule has 2 aromatic rings. The van der Waals surface area contributed by atoms with Crippen LogP contribution in [0.15, 0.2) is 17.0 Å². The van der Waals surface area contributed by atoms with Gasteiger partial charge in [0.1, 0.15) is 6.04 Å². The molecular weight excluding hydrogens is 272 g/mol. The van der Waals surface area contributed by atoms with Crippen LogP contribution in [0.25, 0.3) is 0 Å². The number of hydrogen-bond donors (Lipinski definition) is 3. The molecule has 0 saturated carbocycles. The average Bonchev–Trinajstić information content (AvgIpc) is 2.99. The van der Waals surface area contributed by atoms with Crippen LogP contribution in [0.5, 0.6) is 0 Å². The van der Waals surface area contributed by atoms with Crippen molar-refractivity contribution in [3.63, 3.8) is 0 Å². The van der Waals surface area contributed by atoms with Crippen molar-refractivity contribution >= 4 is 33.8 Å². The van der Waals surface area contributed by atoms with Gasteiger partial charge in [-0.1, -0.05) is 0 Å². The maximum Gasteiger partial charge on any atom is 0.326 e. The smallest absolute Gasteiger partial charge is 0.326 e. The van der Waals surface area contributed by atoms with Crippen LogP contribution in [-0.2, 0) is 11.2 Å². The maximum absolute atomic E-state index is 10.7. The first kappa shape index (κ1) is 12.9. The monoisotopic (exact) mass is 284 g/mol. The largest absolute Gasteiger partial charge is 0.480 e. The van der Waals surface area contributed by atoms with Crippen molar-refractivity contribution in [3.05, 3.63) is 27.7 Å². The summed E-state index contributed by atoms with van der Waals surface area (Å²) in [6.45, 7) is 0.711. The number of carbonyl (C=O) groups is 1. The van der Waals surface area contributed by atoms with Gasteiger partial charge in [-0.15, -0.1) is 22.7 Å². The summed E-state index contributed by atoms with van der Waals surface area (Å²) in [6.07, 6.45) is 2.59. The van der Waals surface area contributed by atoms with Crippen molar-refractivity contribution in [2.24, 2.45) is 5.73 Å². The van der Waals surface area contributed by atoms with Crippen molar-refractivity contribution in [3.8, 4) is 0 Å². The molecule has 2 rings (SSSR count). The van der Waals surface area contributed by atoms with Crippen molar-refractivity contribution in [1.29, 1.82) is 0 Å². The molecule has 0 fully saturated rings. The van der Waals surface area contributed by atoms with Gasteiger partial charge < -0.3 is 16.2 Å². The second-order valence-electron chi connectivity index (χ2n) is 3.50. The zero-order valence-electron chi connectivity index (χ0n) is 9.37. The van der Waals surface area contributed by atoms with E-state index in [2.05, 4.69) is 15.3 Å². The molecule has 0 saturated heterocycles. The molecule has 2 heterocycles. The molecule has 1 atom stereocenters. The lowest BCUT2D eigenvalue weighted by molar-refractivity contribution is -0.138. The highest BCUT2D eigenvalue weighted by atomic mass is 32.1. The molecule has 0 radical (unpaired) electrons. The lowest BCUT2D eigenvalue weighted by Crippen LogP contribution is -2.21. The second kappa shape index (κ2) is 5.89. The fourth-order valence-corrected chi connectivity index (χ4v) is 2.69. The normalized spacial score (nSPS) is 12.3. The standard InChI is InChI=1S/C10H12N4O2S2/c11-8(9(15)16)6-5-18-10(14-6)13-2-1-7-12-3-4-17-7/h3-5,8H,1-2,11H2,(H,13,14)(H,15,16). The summed E-state index contributed by atoms with van der Waals surface area (Å²) in [5, 5.41) is 17.2. The molecule has 2 aromatic heterocycles. The molecule has 18 heavy (non-hydrogen) atoms. The first-order valence-electron chi connectivity index (χ1n) is 5.23. The molecule has 4 N–H and O–H groups in total. The summed E-state index contributed by atoms with van der Waals surface area (Å²) < 4.78 is 0. The first-order valence-corrected chi connectivity index (χ1v) is 6.99. The van der Waals surface area contributed by atoms with E-state index in [-0.39, 0.29) is 0 Å². The van der Waals surface area contributed by atoms with Gasteiger partial charge in [0, 0.05) is 29.9 Å². The molecule has 6 nitrogen and oxygen atoms in total. The predicted octanol–water partition coefficient (Wildman–Crippen LogP) is 1.34. The molecule has 8 heteroatoms. The SMILES string of the molecule is NC(C(=O)O)c1csc(NCCc2nccs2)n1. The third kappa shape index (κ3) is 3.25. The van der Waals surface area contributed by atoms with Crippen molar-refractivity contribution in [1.82, 2.24) is 9.97 Å². The molecule has 0 aliphatic carbocycles. The van der Waals surface area contributed by atoms with E-state index in [9.17, 15) is 4.79 Å². The minimum Gasteiger partial charge on any atom is -0.480 e. The Hall–Kier alpha value is -1.51. The fourth-order valence-electron chi connectivity index (χ4n) is 1.29. The summed E-state index contributed by atoms with van der Waals surface area (Å²) in [5.74, 6) is -1.07. The van der Waals surface area contributed by atoms with Gasteiger partial charge >= 0.3 is 5.97 Å². The van der Waals surface area contributed by atoms with Crippen LogP contribution in [0.2, 0.25) is 0 Å². The zero-order chi connectivity index (χ0) is 13.0.